The van der Waals surface area contributed by atoms with Crippen LogP contribution in [0.25, 0.3) is 5.57 Å². The Morgan fingerprint density at radius 2 is 1.47 bits per heavy atom. The van der Waals surface area contributed by atoms with E-state index in [9.17, 15) is 9.59 Å². The first-order chi connectivity index (χ1) is 14.4. The van der Waals surface area contributed by atoms with Crippen LogP contribution in [0.3, 0.4) is 0 Å². The van der Waals surface area contributed by atoms with Gasteiger partial charge in [-0.25, -0.2) is 4.90 Å². The largest absolute Gasteiger partial charge is 0.372 e. The quantitative estimate of drug-likeness (QED) is 0.717. The number of hydrogen-bond acceptors (Lipinski definition) is 4. The van der Waals surface area contributed by atoms with Crippen molar-refractivity contribution in [3.63, 3.8) is 0 Å². The molecule has 2 aliphatic rings. The molecule has 0 N–H and O–H groups in total. The first kappa shape index (κ1) is 20.4. The molecule has 5 heteroatoms. The topological polar surface area (TPSA) is 49.9 Å². The van der Waals surface area contributed by atoms with Crippen molar-refractivity contribution < 1.29 is 14.3 Å². The third-order valence-corrected chi connectivity index (χ3v) is 5.68. The minimum absolute atomic E-state index is 0.0134. The zero-order valence-electron chi connectivity index (χ0n) is 18.0. The Kier molecular flexibility index (Phi) is 5.48. The number of nitrogens with zero attached hydrogens (tertiary/aromatic N) is 2. The summed E-state index contributed by atoms with van der Waals surface area (Å²) < 4.78 is 5.85. The third kappa shape index (κ3) is 3.65. The van der Waals surface area contributed by atoms with Gasteiger partial charge in [-0.1, -0.05) is 56.3 Å². The van der Waals surface area contributed by atoms with Gasteiger partial charge in [0, 0.05) is 13.1 Å². The molecule has 2 aliphatic heterocycles. The second kappa shape index (κ2) is 8.07. The van der Waals surface area contributed by atoms with Crippen molar-refractivity contribution in [1.82, 2.24) is 4.90 Å². The van der Waals surface area contributed by atoms with Gasteiger partial charge in [-0.2, -0.15) is 0 Å². The van der Waals surface area contributed by atoms with Crippen molar-refractivity contribution in [2.75, 3.05) is 18.0 Å². The molecule has 2 aromatic rings. The Bertz CT molecular complexity index is 969. The molecule has 30 heavy (non-hydrogen) atoms. The van der Waals surface area contributed by atoms with Crippen LogP contribution in [0.2, 0.25) is 0 Å². The number of imide groups is 1. The molecule has 156 valence electrons. The standard InChI is InChI=1S/C25H28N2O3/c1-16(2)19-10-12-21(13-11-19)27-24(28)22(20-8-6-5-7-9-20)23(25(27)29)26-14-17(3)30-18(4)15-26/h5-13,16-18H,14-15H2,1-4H3. The first-order valence-electron chi connectivity index (χ1n) is 10.6. The van der Waals surface area contributed by atoms with E-state index >= 15 is 0 Å². The van der Waals surface area contributed by atoms with Crippen LogP contribution in [0.15, 0.2) is 60.3 Å². The van der Waals surface area contributed by atoms with E-state index in [0.29, 0.717) is 36.0 Å². The molecule has 5 nitrogen and oxygen atoms in total. The van der Waals surface area contributed by atoms with Gasteiger partial charge in [0.2, 0.25) is 0 Å². The SMILES string of the molecule is CC1CN(C2=C(c3ccccc3)C(=O)N(c3ccc(C(C)C)cc3)C2=O)CC(C)O1. The van der Waals surface area contributed by atoms with Gasteiger partial charge in [0.05, 0.1) is 23.5 Å². The van der Waals surface area contributed by atoms with Gasteiger partial charge in [-0.15, -0.1) is 0 Å². The lowest BCUT2D eigenvalue weighted by Crippen LogP contribution is -2.47. The lowest BCUT2D eigenvalue weighted by Gasteiger charge is -2.37. The zero-order chi connectivity index (χ0) is 21.4. The predicted octanol–water partition coefficient (Wildman–Crippen LogP) is 4.20. The van der Waals surface area contributed by atoms with Crippen molar-refractivity contribution >= 4 is 23.1 Å². The van der Waals surface area contributed by atoms with E-state index in [4.69, 9.17) is 4.74 Å². The van der Waals surface area contributed by atoms with Crippen LogP contribution < -0.4 is 4.90 Å². The van der Waals surface area contributed by atoms with Crippen LogP contribution >= 0.6 is 0 Å². The van der Waals surface area contributed by atoms with Gasteiger partial charge in [-0.05, 0) is 43.0 Å². The highest BCUT2D eigenvalue weighted by Gasteiger charge is 2.43. The number of rotatable bonds is 4. The number of ether oxygens (including phenoxy) is 1. The molecule has 0 saturated carbocycles. The van der Waals surface area contributed by atoms with Gasteiger partial charge in [0.15, 0.2) is 0 Å². The summed E-state index contributed by atoms with van der Waals surface area (Å²) in [6, 6.07) is 17.2. The molecule has 2 heterocycles. The van der Waals surface area contributed by atoms with Crippen LogP contribution in [-0.2, 0) is 14.3 Å². The summed E-state index contributed by atoms with van der Waals surface area (Å²) in [7, 11) is 0. The monoisotopic (exact) mass is 404 g/mol. The molecule has 2 amide bonds. The van der Waals surface area contributed by atoms with E-state index in [0.717, 1.165) is 5.56 Å². The van der Waals surface area contributed by atoms with Crippen molar-refractivity contribution in [3.05, 3.63) is 71.4 Å². The smallest absolute Gasteiger partial charge is 0.282 e. The summed E-state index contributed by atoms with van der Waals surface area (Å²) in [6.45, 7) is 9.39. The molecule has 0 aromatic heterocycles. The number of carbonyl (C=O) groups is 2. The molecule has 2 unspecified atom stereocenters. The molecular formula is C25H28N2O3. The zero-order valence-corrected chi connectivity index (χ0v) is 18.0. The number of carbonyl (C=O) groups excluding carboxylic acids is 2. The van der Waals surface area contributed by atoms with Crippen LogP contribution in [0.4, 0.5) is 5.69 Å². The molecule has 2 atom stereocenters. The molecule has 0 radical (unpaired) electrons. The molecule has 0 aliphatic carbocycles. The first-order valence-corrected chi connectivity index (χ1v) is 10.6. The van der Waals surface area contributed by atoms with Crippen molar-refractivity contribution in [2.45, 2.75) is 45.8 Å². The van der Waals surface area contributed by atoms with E-state index < -0.39 is 0 Å². The fourth-order valence-electron chi connectivity index (χ4n) is 4.28. The maximum Gasteiger partial charge on any atom is 0.282 e. The predicted molar refractivity (Wildman–Crippen MR) is 118 cm³/mol. The van der Waals surface area contributed by atoms with Crippen LogP contribution in [0.5, 0.6) is 0 Å². The minimum atomic E-state index is -0.273. The Labute approximate surface area is 177 Å². The summed E-state index contributed by atoms with van der Waals surface area (Å²) in [5, 5.41) is 0. The Morgan fingerprint density at radius 1 is 0.867 bits per heavy atom. The summed E-state index contributed by atoms with van der Waals surface area (Å²) in [4.78, 5) is 30.5. The maximum atomic E-state index is 13.6. The third-order valence-electron chi connectivity index (χ3n) is 5.68. The summed E-state index contributed by atoms with van der Waals surface area (Å²) in [5.74, 6) is -0.156. The lowest BCUT2D eigenvalue weighted by molar-refractivity contribution is -0.121. The fraction of sp³-hybridized carbons (Fsp3) is 0.360. The normalized spacial score (nSPS) is 22.4. The Balaban J connectivity index is 1.78. The van der Waals surface area contributed by atoms with E-state index in [1.165, 1.54) is 10.5 Å². The second-order valence-electron chi connectivity index (χ2n) is 8.44. The lowest BCUT2D eigenvalue weighted by atomic mass is 10.0. The highest BCUT2D eigenvalue weighted by Crippen LogP contribution is 2.36. The van der Waals surface area contributed by atoms with E-state index in [1.54, 1.807) is 0 Å². The highest BCUT2D eigenvalue weighted by molar-refractivity contribution is 6.45. The summed E-state index contributed by atoms with van der Waals surface area (Å²) in [5.41, 5.74) is 3.48. The van der Waals surface area contributed by atoms with E-state index in [-0.39, 0.29) is 24.0 Å². The molecule has 1 fully saturated rings. The Morgan fingerprint density at radius 3 is 2.03 bits per heavy atom. The van der Waals surface area contributed by atoms with Gasteiger partial charge in [0.25, 0.3) is 11.8 Å². The molecule has 0 bridgehead atoms. The van der Waals surface area contributed by atoms with E-state index in [2.05, 4.69) is 13.8 Å². The maximum absolute atomic E-state index is 13.6. The average Bonchev–Trinajstić information content (AvgIpc) is 2.98. The number of anilines is 1. The minimum Gasteiger partial charge on any atom is -0.372 e. The van der Waals surface area contributed by atoms with E-state index in [1.807, 2.05) is 73.3 Å². The summed E-state index contributed by atoms with van der Waals surface area (Å²) >= 11 is 0. The molecule has 2 aromatic carbocycles. The number of benzene rings is 2. The average molecular weight is 405 g/mol. The molecule has 1 saturated heterocycles. The second-order valence-corrected chi connectivity index (χ2v) is 8.44. The number of amides is 2. The fourth-order valence-corrected chi connectivity index (χ4v) is 4.28. The molecule has 4 rings (SSSR count). The number of morpholine rings is 1. The molecule has 0 spiro atoms. The van der Waals surface area contributed by atoms with Crippen LogP contribution in [-0.4, -0.2) is 42.0 Å². The molecular weight excluding hydrogens is 376 g/mol. The van der Waals surface area contributed by atoms with Gasteiger partial charge in [-0.3, -0.25) is 9.59 Å². The number of hydrogen-bond donors (Lipinski definition) is 0. The van der Waals surface area contributed by atoms with Gasteiger partial charge >= 0.3 is 0 Å². The van der Waals surface area contributed by atoms with Gasteiger partial charge in [0.1, 0.15) is 5.70 Å². The van der Waals surface area contributed by atoms with Crippen molar-refractivity contribution in [3.8, 4) is 0 Å². The Hall–Kier alpha value is -2.92. The van der Waals surface area contributed by atoms with Crippen molar-refractivity contribution in [1.29, 1.82) is 0 Å². The van der Waals surface area contributed by atoms with Crippen LogP contribution in [0.1, 0.15) is 44.7 Å². The van der Waals surface area contributed by atoms with Gasteiger partial charge < -0.3 is 9.64 Å². The van der Waals surface area contributed by atoms with Crippen molar-refractivity contribution in [2.24, 2.45) is 0 Å². The summed E-state index contributed by atoms with van der Waals surface area (Å²) in [6.07, 6.45) is -0.0268. The van der Waals surface area contributed by atoms with Crippen LogP contribution in [0, 0.1) is 0 Å². The highest BCUT2D eigenvalue weighted by atomic mass is 16.5.